The molecular weight excluding hydrogens is 518 g/mol. The second kappa shape index (κ2) is 16.9. The van der Waals surface area contributed by atoms with E-state index in [1.54, 1.807) is 12.1 Å². The van der Waals surface area contributed by atoms with Gasteiger partial charge in [0.15, 0.2) is 0 Å². The first-order chi connectivity index (χ1) is 18.7. The fraction of sp³-hybridized carbons (Fsp3) is 0.321. The summed E-state index contributed by atoms with van der Waals surface area (Å²) < 4.78 is 24.3. The molecule has 0 aliphatic rings. The summed E-state index contributed by atoms with van der Waals surface area (Å²) in [5.74, 6) is -0.974. The maximum Gasteiger partial charge on any atom is 0.376 e. The van der Waals surface area contributed by atoms with E-state index in [9.17, 15) is 14.0 Å². The number of methoxy groups -OCH3 is 1. The molecule has 3 heterocycles. The maximum absolute atomic E-state index is 14.0. The van der Waals surface area contributed by atoms with Crippen LogP contribution in [0.1, 0.15) is 55.8 Å². The van der Waals surface area contributed by atoms with Crippen LogP contribution in [-0.2, 0) is 20.9 Å². The summed E-state index contributed by atoms with van der Waals surface area (Å²) >= 11 is 1.51. The van der Waals surface area contributed by atoms with Gasteiger partial charge in [0.25, 0.3) is 0 Å². The number of nitrogens with zero attached hydrogens (tertiary/aromatic N) is 4. The van der Waals surface area contributed by atoms with Crippen LogP contribution in [0.4, 0.5) is 10.1 Å². The van der Waals surface area contributed by atoms with Crippen molar-refractivity contribution in [1.29, 1.82) is 0 Å². The molecule has 39 heavy (non-hydrogen) atoms. The zero-order valence-electron chi connectivity index (χ0n) is 23.6. The summed E-state index contributed by atoms with van der Waals surface area (Å²) in [5, 5.41) is 0. The van der Waals surface area contributed by atoms with Crippen LogP contribution in [-0.4, -0.2) is 49.2 Å². The van der Waals surface area contributed by atoms with Crippen molar-refractivity contribution >= 4 is 42.6 Å². The van der Waals surface area contributed by atoms with Crippen LogP contribution in [0.15, 0.2) is 54.2 Å². The molecule has 0 aliphatic heterocycles. The number of hydrogen-bond acceptors (Lipinski definition) is 9. The number of pyridine rings is 1. The van der Waals surface area contributed by atoms with Crippen LogP contribution in [0.5, 0.6) is 0 Å². The molecule has 0 unspecified atom stereocenters. The van der Waals surface area contributed by atoms with E-state index >= 15 is 0 Å². The summed E-state index contributed by atoms with van der Waals surface area (Å²) in [7, 11) is 8.66. The Morgan fingerprint density at radius 3 is 2.51 bits per heavy atom. The lowest BCUT2D eigenvalue weighted by atomic mass is 9.98. The Hall–Kier alpha value is -3.86. The zero-order chi connectivity index (χ0) is 29.5. The molecule has 0 N–H and O–H groups in total. The van der Waals surface area contributed by atoms with Gasteiger partial charge in [0.1, 0.15) is 38.0 Å². The number of thiophene rings is 1. The molecule has 0 saturated carbocycles. The first kappa shape index (κ1) is 33.2. The molecule has 0 saturated heterocycles. The summed E-state index contributed by atoms with van der Waals surface area (Å²) in [6, 6.07) is 4.82. The highest BCUT2D eigenvalue weighted by Crippen LogP contribution is 2.36. The predicted molar refractivity (Wildman–Crippen MR) is 155 cm³/mol. The lowest BCUT2D eigenvalue weighted by Crippen LogP contribution is -2.15. The number of carbonyl (C=O) groups excluding carboxylic acids is 2. The molecule has 0 atom stereocenters. The molecule has 0 aliphatic carbocycles. The summed E-state index contributed by atoms with van der Waals surface area (Å²) in [6.07, 6.45) is 6.34. The first-order valence-corrected chi connectivity index (χ1v) is 13.2. The third kappa shape index (κ3) is 9.44. The second-order valence-electron chi connectivity index (χ2n) is 7.34. The van der Waals surface area contributed by atoms with Crippen LogP contribution in [0.3, 0.4) is 0 Å². The number of halogens is 1. The summed E-state index contributed by atoms with van der Waals surface area (Å²) in [5.41, 5.74) is 2.53. The van der Waals surface area contributed by atoms with E-state index in [-0.39, 0.29) is 29.3 Å². The van der Waals surface area contributed by atoms with Crippen molar-refractivity contribution in [1.82, 2.24) is 15.0 Å². The Morgan fingerprint density at radius 1 is 1.21 bits per heavy atom. The molecule has 3 aromatic rings. The van der Waals surface area contributed by atoms with Crippen molar-refractivity contribution in [2.24, 2.45) is 0 Å². The van der Waals surface area contributed by atoms with E-state index in [1.165, 1.54) is 36.9 Å². The van der Waals surface area contributed by atoms with Crippen molar-refractivity contribution < 1.29 is 23.5 Å². The van der Waals surface area contributed by atoms with Gasteiger partial charge in [-0.05, 0) is 38.1 Å². The van der Waals surface area contributed by atoms with Crippen molar-refractivity contribution in [3.63, 3.8) is 0 Å². The number of aromatic nitrogens is 3. The molecule has 0 amide bonds. The van der Waals surface area contributed by atoms with Gasteiger partial charge in [0.05, 0.1) is 23.4 Å². The SMILES string of the molecule is CC.CC.[B]c1cnc(COC(/C=C(/C)N(C)c2cc(-c3ccnc(C(=O)OC)n3)sc2C)=C/C=O)c(F)c1. The van der Waals surface area contributed by atoms with Crippen LogP contribution in [0.2, 0.25) is 0 Å². The monoisotopic (exact) mass is 552 g/mol. The van der Waals surface area contributed by atoms with Crippen molar-refractivity contribution in [3.05, 3.63) is 76.4 Å². The molecule has 2 radical (unpaired) electrons. The highest BCUT2D eigenvalue weighted by molar-refractivity contribution is 7.16. The van der Waals surface area contributed by atoms with Gasteiger partial charge in [-0.1, -0.05) is 33.2 Å². The smallest absolute Gasteiger partial charge is 0.376 e. The van der Waals surface area contributed by atoms with Crippen molar-refractivity contribution in [2.45, 2.75) is 48.1 Å². The Labute approximate surface area is 235 Å². The van der Waals surface area contributed by atoms with Crippen molar-refractivity contribution in [3.8, 4) is 10.6 Å². The number of anilines is 1. The number of rotatable bonds is 9. The average molecular weight is 552 g/mol. The minimum Gasteiger partial charge on any atom is -0.487 e. The quantitative estimate of drug-likeness (QED) is 0.0880. The third-order valence-electron chi connectivity index (χ3n) is 4.96. The van der Waals surface area contributed by atoms with E-state index in [4.69, 9.17) is 17.3 Å². The molecule has 3 rings (SSSR count). The molecule has 206 valence electrons. The van der Waals surface area contributed by atoms with E-state index < -0.39 is 11.8 Å². The van der Waals surface area contributed by atoms with Gasteiger partial charge in [-0.3, -0.25) is 9.78 Å². The predicted octanol–water partition coefficient (Wildman–Crippen LogP) is 5.32. The molecule has 11 heteroatoms. The van der Waals surface area contributed by atoms with Gasteiger partial charge < -0.3 is 14.4 Å². The molecule has 0 bridgehead atoms. The summed E-state index contributed by atoms with van der Waals surface area (Å²) in [6.45, 7) is 11.6. The van der Waals surface area contributed by atoms with E-state index in [0.717, 1.165) is 27.2 Å². The van der Waals surface area contributed by atoms with E-state index in [0.29, 0.717) is 12.0 Å². The topological polar surface area (TPSA) is 94.5 Å². The lowest BCUT2D eigenvalue weighted by molar-refractivity contribution is -0.104. The highest BCUT2D eigenvalue weighted by Gasteiger charge is 2.16. The van der Waals surface area contributed by atoms with Gasteiger partial charge in [-0.2, -0.15) is 0 Å². The number of allylic oxidation sites excluding steroid dienone is 3. The maximum atomic E-state index is 14.0. The number of aryl methyl sites for hydroxylation is 1. The van der Waals surface area contributed by atoms with Crippen LogP contribution < -0.4 is 10.4 Å². The standard InChI is InChI=1S/C24H22BFN4O4S.2C2H6/c1-14(9-17(6-8-31)34-13-20-18(26)10-16(25)12-28-20)30(3)21-11-22(35-15(21)2)19-5-7-27-23(29-19)24(32)33-4;2*1-2/h5-12H,13H2,1-4H3;2*1-2H3/b14-9-,17-6+;;. The number of aldehydes is 1. The Balaban J connectivity index is 0.00000181. The average Bonchev–Trinajstić information content (AvgIpc) is 3.35. The second-order valence-corrected chi connectivity index (χ2v) is 8.60. The number of carbonyl (C=O) groups is 2. The lowest BCUT2D eigenvalue weighted by Gasteiger charge is -2.20. The fourth-order valence-corrected chi connectivity index (χ4v) is 4.07. The third-order valence-corrected chi connectivity index (χ3v) is 6.02. The highest BCUT2D eigenvalue weighted by atomic mass is 32.1. The Kier molecular flexibility index (Phi) is 14.4. The Morgan fingerprint density at radius 2 is 1.90 bits per heavy atom. The molecule has 8 nitrogen and oxygen atoms in total. The van der Waals surface area contributed by atoms with Crippen LogP contribution in [0.25, 0.3) is 10.6 Å². The molecule has 0 aromatic carbocycles. The van der Waals surface area contributed by atoms with E-state index in [1.807, 2.05) is 59.6 Å². The van der Waals surface area contributed by atoms with Gasteiger partial charge in [0, 0.05) is 36.1 Å². The number of ether oxygens (including phenoxy) is 2. The van der Waals surface area contributed by atoms with Gasteiger partial charge >= 0.3 is 5.97 Å². The largest absolute Gasteiger partial charge is 0.487 e. The normalized spacial score (nSPS) is 10.9. The molecule has 0 fully saturated rings. The van der Waals surface area contributed by atoms with E-state index in [2.05, 4.69) is 15.0 Å². The van der Waals surface area contributed by atoms with Gasteiger partial charge in [0.2, 0.25) is 5.82 Å². The zero-order valence-corrected chi connectivity index (χ0v) is 24.4. The van der Waals surface area contributed by atoms with Crippen molar-refractivity contribution in [2.75, 3.05) is 19.1 Å². The van der Waals surface area contributed by atoms with Crippen LogP contribution in [0, 0.1) is 12.7 Å². The van der Waals surface area contributed by atoms with Crippen LogP contribution >= 0.6 is 11.3 Å². The summed E-state index contributed by atoms with van der Waals surface area (Å²) in [4.78, 5) is 38.8. The minimum atomic E-state index is -0.611. The molecular formula is C28H34BFN4O4S. The molecule has 3 aromatic heterocycles. The fourth-order valence-electron chi connectivity index (χ4n) is 3.05. The Bertz CT molecular complexity index is 1310. The number of esters is 1. The van der Waals surface area contributed by atoms with Gasteiger partial charge in [-0.15, -0.1) is 11.3 Å². The molecule has 0 spiro atoms. The minimum absolute atomic E-state index is 0.0187. The first-order valence-electron chi connectivity index (χ1n) is 12.4. The van der Waals surface area contributed by atoms with Gasteiger partial charge in [-0.25, -0.2) is 19.2 Å². The number of hydrogen-bond donors (Lipinski definition) is 0.